The van der Waals surface area contributed by atoms with Gasteiger partial charge >= 0.3 is 5.97 Å². The lowest BCUT2D eigenvalue weighted by atomic mass is 9.99. The van der Waals surface area contributed by atoms with Gasteiger partial charge in [0.15, 0.2) is 0 Å². The summed E-state index contributed by atoms with van der Waals surface area (Å²) in [6, 6.07) is 3.66. The van der Waals surface area contributed by atoms with E-state index in [-0.39, 0.29) is 18.4 Å². The minimum absolute atomic E-state index is 0.0386. The van der Waals surface area contributed by atoms with Crippen LogP contribution in [0.5, 0.6) is 0 Å². The number of hydrogen-bond acceptors (Lipinski definition) is 5. The van der Waals surface area contributed by atoms with Gasteiger partial charge in [0.25, 0.3) is 0 Å². The second kappa shape index (κ2) is 6.03. The molecule has 106 valence electrons. The average molecular weight is 293 g/mol. The van der Waals surface area contributed by atoms with Crippen molar-refractivity contribution in [2.24, 2.45) is 11.8 Å². The molecule has 1 amide bonds. The molecule has 1 aliphatic rings. The summed E-state index contributed by atoms with van der Waals surface area (Å²) < 4.78 is 0. The van der Waals surface area contributed by atoms with Crippen LogP contribution in [0.1, 0.15) is 12.5 Å². The van der Waals surface area contributed by atoms with E-state index in [4.69, 9.17) is 10.4 Å². The number of carbonyl (C=O) groups is 2. The SMILES string of the molecule is C[C@@H]1CN(CC(=O)Nc2sccc2C#N)C[C@H]1C(=O)O. The highest BCUT2D eigenvalue weighted by Crippen LogP contribution is 2.24. The minimum atomic E-state index is -0.814. The third kappa shape index (κ3) is 3.15. The van der Waals surface area contributed by atoms with Gasteiger partial charge in [-0.05, 0) is 17.4 Å². The Labute approximate surface area is 120 Å². The highest BCUT2D eigenvalue weighted by atomic mass is 32.1. The zero-order valence-electron chi connectivity index (χ0n) is 11.0. The smallest absolute Gasteiger partial charge is 0.308 e. The van der Waals surface area contributed by atoms with Crippen molar-refractivity contribution in [2.45, 2.75) is 6.92 Å². The number of aliphatic carboxylic acids is 1. The Morgan fingerprint density at radius 2 is 2.35 bits per heavy atom. The molecular weight excluding hydrogens is 278 g/mol. The molecule has 7 heteroatoms. The monoisotopic (exact) mass is 293 g/mol. The number of amides is 1. The second-order valence-corrected chi connectivity index (χ2v) is 5.86. The van der Waals surface area contributed by atoms with Crippen LogP contribution in [-0.4, -0.2) is 41.5 Å². The minimum Gasteiger partial charge on any atom is -0.481 e. The van der Waals surface area contributed by atoms with Crippen molar-refractivity contribution in [3.8, 4) is 6.07 Å². The lowest BCUT2D eigenvalue weighted by Crippen LogP contribution is -2.32. The summed E-state index contributed by atoms with van der Waals surface area (Å²) in [5.74, 6) is -1.41. The van der Waals surface area contributed by atoms with Crippen molar-refractivity contribution >= 4 is 28.2 Å². The van der Waals surface area contributed by atoms with Crippen LogP contribution in [0.2, 0.25) is 0 Å². The Morgan fingerprint density at radius 3 is 2.95 bits per heavy atom. The summed E-state index contributed by atoms with van der Waals surface area (Å²) in [6.07, 6.45) is 0. The molecule has 0 aliphatic carbocycles. The third-order valence-electron chi connectivity index (χ3n) is 3.41. The van der Waals surface area contributed by atoms with Crippen LogP contribution in [0.4, 0.5) is 5.00 Å². The fraction of sp³-hybridized carbons (Fsp3) is 0.462. The zero-order chi connectivity index (χ0) is 14.7. The fourth-order valence-corrected chi connectivity index (χ4v) is 3.13. The van der Waals surface area contributed by atoms with Crippen molar-refractivity contribution in [3.05, 3.63) is 17.0 Å². The molecule has 1 saturated heterocycles. The predicted molar refractivity (Wildman–Crippen MR) is 74.4 cm³/mol. The molecular formula is C13H15N3O3S. The summed E-state index contributed by atoms with van der Waals surface area (Å²) in [6.45, 7) is 3.01. The maximum atomic E-state index is 11.9. The fourth-order valence-electron chi connectivity index (χ4n) is 2.38. The van der Waals surface area contributed by atoms with Crippen LogP contribution in [-0.2, 0) is 9.59 Å². The summed E-state index contributed by atoms with van der Waals surface area (Å²) in [5.41, 5.74) is 0.446. The van der Waals surface area contributed by atoms with Crippen molar-refractivity contribution in [1.29, 1.82) is 5.26 Å². The van der Waals surface area contributed by atoms with Crippen molar-refractivity contribution in [3.63, 3.8) is 0 Å². The Morgan fingerprint density at radius 1 is 1.60 bits per heavy atom. The van der Waals surface area contributed by atoms with E-state index in [0.717, 1.165) is 0 Å². The standard InChI is InChI=1S/C13H15N3O3S/c1-8-5-16(6-10(8)13(18)19)7-11(17)15-12-9(4-14)2-3-20-12/h2-3,8,10H,5-7H2,1H3,(H,15,17)(H,18,19)/t8-,10-/m1/s1. The lowest BCUT2D eigenvalue weighted by Gasteiger charge is -2.14. The topological polar surface area (TPSA) is 93.4 Å². The van der Waals surface area contributed by atoms with Gasteiger partial charge in [-0.15, -0.1) is 11.3 Å². The number of nitrogens with zero attached hydrogens (tertiary/aromatic N) is 2. The zero-order valence-corrected chi connectivity index (χ0v) is 11.8. The molecule has 1 aromatic heterocycles. The molecule has 1 aliphatic heterocycles. The van der Waals surface area contributed by atoms with E-state index in [1.165, 1.54) is 11.3 Å². The van der Waals surface area contributed by atoms with Crippen LogP contribution < -0.4 is 5.32 Å². The van der Waals surface area contributed by atoms with Crippen LogP contribution in [0.25, 0.3) is 0 Å². The summed E-state index contributed by atoms with van der Waals surface area (Å²) >= 11 is 1.30. The second-order valence-electron chi connectivity index (χ2n) is 4.94. The van der Waals surface area contributed by atoms with E-state index in [2.05, 4.69) is 5.32 Å². The average Bonchev–Trinajstić information content (AvgIpc) is 2.95. The van der Waals surface area contributed by atoms with Gasteiger partial charge in [-0.2, -0.15) is 5.26 Å². The van der Waals surface area contributed by atoms with Gasteiger partial charge in [-0.25, -0.2) is 0 Å². The van der Waals surface area contributed by atoms with Crippen molar-refractivity contribution in [2.75, 3.05) is 25.0 Å². The maximum absolute atomic E-state index is 11.9. The van der Waals surface area contributed by atoms with E-state index < -0.39 is 11.9 Å². The summed E-state index contributed by atoms with van der Waals surface area (Å²) in [7, 11) is 0. The largest absolute Gasteiger partial charge is 0.481 e. The Kier molecular flexibility index (Phi) is 4.37. The quantitative estimate of drug-likeness (QED) is 0.870. The van der Waals surface area contributed by atoms with Gasteiger partial charge in [0, 0.05) is 13.1 Å². The molecule has 1 aromatic rings. The number of hydrogen-bond donors (Lipinski definition) is 2. The van der Waals surface area contributed by atoms with E-state index in [1.54, 1.807) is 11.4 Å². The number of carbonyl (C=O) groups excluding carboxylic acids is 1. The third-order valence-corrected chi connectivity index (χ3v) is 4.24. The van der Waals surface area contributed by atoms with Crippen LogP contribution >= 0.6 is 11.3 Å². The number of rotatable bonds is 4. The first-order valence-corrected chi connectivity index (χ1v) is 7.12. The molecule has 1 fully saturated rings. The number of nitriles is 1. The van der Waals surface area contributed by atoms with Gasteiger partial charge in [-0.3, -0.25) is 14.5 Å². The van der Waals surface area contributed by atoms with E-state index in [1.807, 2.05) is 17.9 Å². The Balaban J connectivity index is 1.90. The highest BCUT2D eigenvalue weighted by molar-refractivity contribution is 7.14. The first-order valence-electron chi connectivity index (χ1n) is 6.24. The molecule has 2 rings (SSSR count). The number of nitrogens with one attached hydrogen (secondary N) is 1. The normalized spacial score (nSPS) is 22.4. The van der Waals surface area contributed by atoms with Gasteiger partial charge in [0.05, 0.1) is 18.0 Å². The molecule has 2 N–H and O–H groups in total. The molecule has 0 saturated carbocycles. The van der Waals surface area contributed by atoms with Gasteiger partial charge in [0.1, 0.15) is 11.1 Å². The Hall–Kier alpha value is -1.91. The van der Waals surface area contributed by atoms with E-state index in [0.29, 0.717) is 23.7 Å². The van der Waals surface area contributed by atoms with Gasteiger partial charge in [-0.1, -0.05) is 6.92 Å². The molecule has 0 radical (unpaired) electrons. The predicted octanol–water partition coefficient (Wildman–Crippen LogP) is 1.21. The van der Waals surface area contributed by atoms with Crippen LogP contribution in [0.3, 0.4) is 0 Å². The number of anilines is 1. The number of likely N-dealkylation sites (tertiary alicyclic amines) is 1. The van der Waals surface area contributed by atoms with Gasteiger partial charge < -0.3 is 10.4 Å². The molecule has 6 nitrogen and oxygen atoms in total. The number of carboxylic acids is 1. The lowest BCUT2D eigenvalue weighted by molar-refractivity contribution is -0.142. The highest BCUT2D eigenvalue weighted by Gasteiger charge is 2.35. The van der Waals surface area contributed by atoms with Crippen LogP contribution in [0, 0.1) is 23.2 Å². The first-order chi connectivity index (χ1) is 9.51. The van der Waals surface area contributed by atoms with E-state index in [9.17, 15) is 9.59 Å². The molecule has 0 unspecified atom stereocenters. The van der Waals surface area contributed by atoms with Crippen LogP contribution in [0.15, 0.2) is 11.4 Å². The van der Waals surface area contributed by atoms with Crippen molar-refractivity contribution < 1.29 is 14.7 Å². The molecule has 2 atom stereocenters. The molecule has 0 bridgehead atoms. The first kappa shape index (κ1) is 14.5. The maximum Gasteiger partial charge on any atom is 0.308 e. The molecule has 2 heterocycles. The summed E-state index contributed by atoms with van der Waals surface area (Å²) in [4.78, 5) is 24.8. The van der Waals surface area contributed by atoms with Crippen molar-refractivity contribution in [1.82, 2.24) is 4.90 Å². The molecule has 20 heavy (non-hydrogen) atoms. The van der Waals surface area contributed by atoms with E-state index >= 15 is 0 Å². The molecule has 0 spiro atoms. The number of carboxylic acid groups (broad SMARTS) is 1. The van der Waals surface area contributed by atoms with Gasteiger partial charge in [0.2, 0.25) is 5.91 Å². The summed E-state index contributed by atoms with van der Waals surface area (Å²) in [5, 5.41) is 22.9. The molecule has 0 aromatic carbocycles. The Bertz CT molecular complexity index is 563. The number of thiophene rings is 1.